The Morgan fingerprint density at radius 3 is 1.79 bits per heavy atom. The highest BCUT2D eigenvalue weighted by molar-refractivity contribution is 6.21. The summed E-state index contributed by atoms with van der Waals surface area (Å²) in [6.07, 6.45) is 3.66. The van der Waals surface area contributed by atoms with Crippen molar-refractivity contribution in [1.29, 1.82) is 0 Å². The molecule has 0 fully saturated rings. The van der Waals surface area contributed by atoms with E-state index in [1.165, 1.54) is 21.6 Å². The Balaban J connectivity index is 1.32. The third-order valence-electron chi connectivity index (χ3n) is 5.26. The molecule has 0 N–H and O–H groups in total. The maximum Gasteiger partial charge on any atom is 0.261 e. The minimum Gasteiger partial charge on any atom is -0.274 e. The Kier molecular flexibility index (Phi) is 5.34. The zero-order valence-corrected chi connectivity index (χ0v) is 15.8. The first kappa shape index (κ1) is 18.2. The van der Waals surface area contributed by atoms with Gasteiger partial charge in [0.1, 0.15) is 0 Å². The lowest BCUT2D eigenvalue weighted by Gasteiger charge is -2.13. The highest BCUT2D eigenvalue weighted by atomic mass is 16.2. The molecular weight excluding hydrogens is 346 g/mol. The van der Waals surface area contributed by atoms with Crippen molar-refractivity contribution < 1.29 is 9.59 Å². The van der Waals surface area contributed by atoms with Crippen LogP contribution in [0.3, 0.4) is 0 Å². The number of carbonyl (C=O) groups is 2. The maximum absolute atomic E-state index is 12.4. The van der Waals surface area contributed by atoms with Gasteiger partial charge in [-0.05, 0) is 54.5 Å². The van der Waals surface area contributed by atoms with Crippen LogP contribution in [0, 0.1) is 0 Å². The number of hydrogen-bond acceptors (Lipinski definition) is 2. The number of aryl methyl sites for hydroxylation is 3. The van der Waals surface area contributed by atoms with E-state index in [1.807, 2.05) is 6.07 Å². The fourth-order valence-corrected chi connectivity index (χ4v) is 3.76. The van der Waals surface area contributed by atoms with Gasteiger partial charge in [-0.15, -0.1) is 0 Å². The van der Waals surface area contributed by atoms with Crippen LogP contribution in [-0.2, 0) is 19.3 Å². The quantitative estimate of drug-likeness (QED) is 0.566. The Morgan fingerprint density at radius 1 is 0.571 bits per heavy atom. The molecule has 0 saturated heterocycles. The maximum atomic E-state index is 12.4. The SMILES string of the molecule is O=C1c2ccccc2C(=O)N1CCCc1cccc(CCc2ccccc2)c1. The van der Waals surface area contributed by atoms with Crippen molar-refractivity contribution in [3.05, 3.63) is 107 Å². The molecule has 3 nitrogen and oxygen atoms in total. The van der Waals surface area contributed by atoms with Gasteiger partial charge in [-0.25, -0.2) is 0 Å². The predicted octanol–water partition coefficient (Wildman–Crippen LogP) is 4.70. The topological polar surface area (TPSA) is 37.4 Å². The monoisotopic (exact) mass is 369 g/mol. The standard InChI is InChI=1S/C25H23NO2/c27-24-22-13-4-5-14-23(22)25(28)26(24)17-7-12-20-10-6-11-21(18-20)16-15-19-8-2-1-3-9-19/h1-6,8-11,13-14,18H,7,12,15-17H2. The third-order valence-corrected chi connectivity index (χ3v) is 5.26. The zero-order valence-electron chi connectivity index (χ0n) is 15.8. The summed E-state index contributed by atoms with van der Waals surface area (Å²) in [5.41, 5.74) is 4.97. The molecule has 3 aromatic carbocycles. The Hall–Kier alpha value is -3.20. The summed E-state index contributed by atoms with van der Waals surface area (Å²) in [6, 6.07) is 26.2. The third kappa shape index (κ3) is 3.89. The normalized spacial score (nSPS) is 13.1. The van der Waals surface area contributed by atoms with Crippen LogP contribution in [0.25, 0.3) is 0 Å². The smallest absolute Gasteiger partial charge is 0.261 e. The van der Waals surface area contributed by atoms with Gasteiger partial charge in [0.2, 0.25) is 0 Å². The van der Waals surface area contributed by atoms with E-state index in [1.54, 1.807) is 24.3 Å². The Morgan fingerprint density at radius 2 is 1.11 bits per heavy atom. The number of benzene rings is 3. The van der Waals surface area contributed by atoms with Crippen LogP contribution < -0.4 is 0 Å². The molecule has 1 aliphatic rings. The van der Waals surface area contributed by atoms with E-state index in [0.717, 1.165) is 25.7 Å². The number of fused-ring (bicyclic) bond motifs is 1. The first-order valence-electron chi connectivity index (χ1n) is 9.79. The van der Waals surface area contributed by atoms with Crippen LogP contribution in [-0.4, -0.2) is 23.3 Å². The molecule has 0 aliphatic carbocycles. The predicted molar refractivity (Wildman–Crippen MR) is 110 cm³/mol. The van der Waals surface area contributed by atoms with Crippen LogP contribution in [0.2, 0.25) is 0 Å². The van der Waals surface area contributed by atoms with Crippen LogP contribution in [0.15, 0.2) is 78.9 Å². The van der Waals surface area contributed by atoms with Crippen molar-refractivity contribution in [3.63, 3.8) is 0 Å². The van der Waals surface area contributed by atoms with Crippen molar-refractivity contribution in [2.75, 3.05) is 6.54 Å². The van der Waals surface area contributed by atoms with Gasteiger partial charge in [0.25, 0.3) is 11.8 Å². The minimum absolute atomic E-state index is 0.169. The van der Waals surface area contributed by atoms with E-state index in [9.17, 15) is 9.59 Å². The molecule has 0 radical (unpaired) electrons. The molecular formula is C25H23NO2. The van der Waals surface area contributed by atoms with E-state index >= 15 is 0 Å². The van der Waals surface area contributed by atoms with Gasteiger partial charge in [-0.2, -0.15) is 0 Å². The van der Waals surface area contributed by atoms with E-state index in [0.29, 0.717) is 17.7 Å². The number of rotatable bonds is 7. The second kappa shape index (κ2) is 8.22. The van der Waals surface area contributed by atoms with Crippen molar-refractivity contribution in [2.45, 2.75) is 25.7 Å². The second-order valence-electron chi connectivity index (χ2n) is 7.22. The molecule has 3 aromatic rings. The summed E-state index contributed by atoms with van der Waals surface area (Å²) >= 11 is 0. The minimum atomic E-state index is -0.169. The first-order chi connectivity index (χ1) is 13.7. The van der Waals surface area contributed by atoms with E-state index in [4.69, 9.17) is 0 Å². The number of carbonyl (C=O) groups excluding carboxylic acids is 2. The highest BCUT2D eigenvalue weighted by Gasteiger charge is 2.34. The molecule has 2 amide bonds. The second-order valence-corrected chi connectivity index (χ2v) is 7.22. The summed E-state index contributed by atoms with van der Waals surface area (Å²) in [5.74, 6) is -0.338. The molecule has 3 heteroatoms. The molecule has 0 unspecified atom stereocenters. The number of imide groups is 1. The molecule has 4 rings (SSSR count). The molecule has 1 aliphatic heterocycles. The summed E-state index contributed by atoms with van der Waals surface area (Å²) < 4.78 is 0. The summed E-state index contributed by atoms with van der Waals surface area (Å²) in [6.45, 7) is 0.459. The summed E-state index contributed by atoms with van der Waals surface area (Å²) in [7, 11) is 0. The first-order valence-corrected chi connectivity index (χ1v) is 9.79. The molecule has 0 saturated carbocycles. The van der Waals surface area contributed by atoms with E-state index in [2.05, 4.69) is 48.5 Å². The molecule has 0 bridgehead atoms. The van der Waals surface area contributed by atoms with Crippen molar-refractivity contribution in [1.82, 2.24) is 4.90 Å². The summed E-state index contributed by atoms with van der Waals surface area (Å²) in [4.78, 5) is 26.2. The van der Waals surface area contributed by atoms with Crippen LogP contribution in [0.1, 0.15) is 43.8 Å². The van der Waals surface area contributed by atoms with Crippen molar-refractivity contribution >= 4 is 11.8 Å². The number of hydrogen-bond donors (Lipinski definition) is 0. The average molecular weight is 369 g/mol. The fraction of sp³-hybridized carbons (Fsp3) is 0.200. The van der Waals surface area contributed by atoms with E-state index < -0.39 is 0 Å². The summed E-state index contributed by atoms with van der Waals surface area (Å²) in [5, 5.41) is 0. The molecule has 0 aromatic heterocycles. The molecule has 0 spiro atoms. The molecule has 140 valence electrons. The average Bonchev–Trinajstić information content (AvgIpc) is 2.98. The number of nitrogens with zero attached hydrogens (tertiary/aromatic N) is 1. The lowest BCUT2D eigenvalue weighted by atomic mass is 10.0. The van der Waals surface area contributed by atoms with Gasteiger partial charge in [0.15, 0.2) is 0 Å². The van der Waals surface area contributed by atoms with Crippen LogP contribution in [0.5, 0.6) is 0 Å². The van der Waals surface area contributed by atoms with Crippen LogP contribution >= 0.6 is 0 Å². The molecule has 0 atom stereocenters. The highest BCUT2D eigenvalue weighted by Crippen LogP contribution is 2.23. The zero-order chi connectivity index (χ0) is 19.3. The largest absolute Gasteiger partial charge is 0.274 e. The Bertz CT molecular complexity index is 959. The Labute approximate surface area is 165 Å². The number of amides is 2. The van der Waals surface area contributed by atoms with Gasteiger partial charge in [0.05, 0.1) is 11.1 Å². The van der Waals surface area contributed by atoms with Gasteiger partial charge in [-0.3, -0.25) is 14.5 Å². The van der Waals surface area contributed by atoms with Crippen molar-refractivity contribution in [2.24, 2.45) is 0 Å². The lowest BCUT2D eigenvalue weighted by Crippen LogP contribution is -2.30. The van der Waals surface area contributed by atoms with Gasteiger partial charge in [-0.1, -0.05) is 66.7 Å². The van der Waals surface area contributed by atoms with Gasteiger partial charge < -0.3 is 0 Å². The molecule has 28 heavy (non-hydrogen) atoms. The van der Waals surface area contributed by atoms with Crippen LogP contribution in [0.4, 0.5) is 0 Å². The lowest BCUT2D eigenvalue weighted by molar-refractivity contribution is 0.0652. The fourth-order valence-electron chi connectivity index (χ4n) is 3.76. The van der Waals surface area contributed by atoms with E-state index in [-0.39, 0.29) is 11.8 Å². The van der Waals surface area contributed by atoms with Crippen molar-refractivity contribution in [3.8, 4) is 0 Å². The van der Waals surface area contributed by atoms with Gasteiger partial charge >= 0.3 is 0 Å². The van der Waals surface area contributed by atoms with Gasteiger partial charge in [0, 0.05) is 6.54 Å². The molecule has 1 heterocycles.